The summed E-state index contributed by atoms with van der Waals surface area (Å²) in [5.41, 5.74) is 18.0. The topological polar surface area (TPSA) is 251 Å². The van der Waals surface area contributed by atoms with Gasteiger partial charge < -0.3 is 48.3 Å². The number of carboxylic acids is 1. The monoisotopic (exact) mass is 574 g/mol. The minimum atomic E-state index is -1.41. The number of fused-ring (bicyclic) bond motifs is 1. The highest BCUT2D eigenvalue weighted by molar-refractivity contribution is 5.95. The number of aromatic amines is 1. The molecule has 1 aromatic heterocycles. The second-order valence-electron chi connectivity index (χ2n) is 10.4. The molecule has 226 valence electrons. The van der Waals surface area contributed by atoms with Gasteiger partial charge in [-0.1, -0.05) is 32.0 Å². The summed E-state index contributed by atoms with van der Waals surface area (Å²) >= 11 is 0. The van der Waals surface area contributed by atoms with Crippen LogP contribution in [0.2, 0.25) is 0 Å². The molecule has 5 unspecified atom stereocenters. The van der Waals surface area contributed by atoms with Gasteiger partial charge in [0, 0.05) is 30.1 Å². The number of benzene rings is 1. The summed E-state index contributed by atoms with van der Waals surface area (Å²) in [4.78, 5) is 58.1. The standard InChI is InChI=1S/C27H42N8O6/c1-14(2)11-18(28)23(37)35-22(15(3)36)25(39)34-21(12-16-13-32-19-8-5-4-7-17(16)19)24(38)33-20(26(40)41)9-6-10-31-27(29)30/h4-5,7-8,13-15,18,20-22,32,36H,6,9-12,28H2,1-3H3,(H,33,38)(H,34,39)(H,35,37)(H,40,41)(H4,29,30,31). The van der Waals surface area contributed by atoms with E-state index in [0.717, 1.165) is 10.9 Å². The maximum Gasteiger partial charge on any atom is 0.326 e. The molecular weight excluding hydrogens is 532 g/mol. The van der Waals surface area contributed by atoms with Crippen LogP contribution in [0.1, 0.15) is 45.6 Å². The normalized spacial score (nSPS) is 14.9. The maximum atomic E-state index is 13.4. The van der Waals surface area contributed by atoms with Crippen molar-refractivity contribution in [2.24, 2.45) is 28.1 Å². The summed E-state index contributed by atoms with van der Waals surface area (Å²) in [6.07, 6.45) is 1.05. The van der Waals surface area contributed by atoms with Gasteiger partial charge in [0.25, 0.3) is 0 Å². The zero-order valence-corrected chi connectivity index (χ0v) is 23.6. The van der Waals surface area contributed by atoms with Crippen molar-refractivity contribution >= 4 is 40.6 Å². The molecule has 0 fully saturated rings. The van der Waals surface area contributed by atoms with E-state index in [0.29, 0.717) is 12.0 Å². The van der Waals surface area contributed by atoms with Crippen LogP contribution < -0.4 is 33.2 Å². The lowest BCUT2D eigenvalue weighted by molar-refractivity contribution is -0.142. The summed E-state index contributed by atoms with van der Waals surface area (Å²) in [5, 5.41) is 28.3. The van der Waals surface area contributed by atoms with Gasteiger partial charge in [-0.25, -0.2) is 4.79 Å². The van der Waals surface area contributed by atoms with Gasteiger partial charge in [0.2, 0.25) is 17.7 Å². The predicted octanol–water partition coefficient (Wildman–Crippen LogP) is -0.943. The summed E-state index contributed by atoms with van der Waals surface area (Å²) < 4.78 is 0. The van der Waals surface area contributed by atoms with Gasteiger partial charge >= 0.3 is 5.97 Å². The number of hydrogen-bond acceptors (Lipinski definition) is 7. The van der Waals surface area contributed by atoms with Crippen LogP contribution in [0.5, 0.6) is 0 Å². The molecule has 0 aliphatic carbocycles. The fraction of sp³-hybridized carbons (Fsp3) is 0.519. The number of nitrogens with two attached hydrogens (primary N) is 3. The SMILES string of the molecule is CC(C)CC(N)C(=O)NC(C(=O)NC(Cc1c[nH]c2ccccc12)C(=O)NC(CCCN=C(N)N)C(=O)O)C(C)O. The van der Waals surface area contributed by atoms with Gasteiger partial charge in [-0.2, -0.15) is 0 Å². The van der Waals surface area contributed by atoms with Crippen molar-refractivity contribution in [3.05, 3.63) is 36.0 Å². The van der Waals surface area contributed by atoms with E-state index in [2.05, 4.69) is 25.9 Å². The smallest absolute Gasteiger partial charge is 0.326 e. The number of carboxylic acid groups (broad SMARTS) is 1. The third kappa shape index (κ3) is 10.4. The van der Waals surface area contributed by atoms with E-state index in [1.807, 2.05) is 38.1 Å². The zero-order valence-electron chi connectivity index (χ0n) is 23.6. The largest absolute Gasteiger partial charge is 0.480 e. The van der Waals surface area contributed by atoms with Crippen molar-refractivity contribution in [3.8, 4) is 0 Å². The number of rotatable bonds is 16. The lowest BCUT2D eigenvalue weighted by Crippen LogP contribution is -2.60. The van der Waals surface area contributed by atoms with Crippen molar-refractivity contribution in [2.45, 2.75) is 76.7 Å². The first-order valence-corrected chi connectivity index (χ1v) is 13.5. The van der Waals surface area contributed by atoms with Crippen molar-refractivity contribution < 1.29 is 29.4 Å². The second kappa shape index (κ2) is 15.6. The number of carbonyl (C=O) groups excluding carboxylic acids is 3. The Morgan fingerprint density at radius 3 is 2.24 bits per heavy atom. The second-order valence-corrected chi connectivity index (χ2v) is 10.4. The number of nitrogens with one attached hydrogen (secondary N) is 4. The van der Waals surface area contributed by atoms with Crippen LogP contribution in [-0.2, 0) is 25.6 Å². The van der Waals surface area contributed by atoms with E-state index in [9.17, 15) is 29.4 Å². The number of aromatic nitrogens is 1. The van der Waals surface area contributed by atoms with Crippen LogP contribution in [-0.4, -0.2) is 81.7 Å². The number of aliphatic imine (C=N–C) groups is 1. The molecule has 0 saturated heterocycles. The Labute approximate surface area is 238 Å². The highest BCUT2D eigenvalue weighted by Crippen LogP contribution is 2.19. The molecule has 2 rings (SSSR count). The number of aliphatic hydroxyl groups excluding tert-OH is 1. The number of aliphatic carboxylic acids is 1. The number of carbonyl (C=O) groups is 4. The first-order chi connectivity index (χ1) is 19.3. The number of hydrogen-bond donors (Lipinski definition) is 9. The molecule has 0 spiro atoms. The van der Waals surface area contributed by atoms with Crippen LogP contribution in [0.25, 0.3) is 10.9 Å². The number of amides is 3. The van der Waals surface area contributed by atoms with Crippen LogP contribution in [0.4, 0.5) is 0 Å². The quantitative estimate of drug-likeness (QED) is 0.0680. The summed E-state index contributed by atoms with van der Waals surface area (Å²) in [6.45, 7) is 5.28. The first kappa shape index (κ1) is 33.0. The molecule has 2 aromatic rings. The fourth-order valence-electron chi connectivity index (χ4n) is 4.30. The Bertz CT molecular complexity index is 1220. The molecule has 0 aliphatic heterocycles. The number of guanidine groups is 1. The lowest BCUT2D eigenvalue weighted by atomic mass is 10.0. The Morgan fingerprint density at radius 2 is 1.63 bits per heavy atom. The highest BCUT2D eigenvalue weighted by atomic mass is 16.4. The number of H-pyrrole nitrogens is 1. The van der Waals surface area contributed by atoms with Crippen LogP contribution in [0.15, 0.2) is 35.5 Å². The van der Waals surface area contributed by atoms with Gasteiger partial charge in [-0.05, 0) is 43.7 Å². The van der Waals surface area contributed by atoms with E-state index in [1.165, 1.54) is 6.92 Å². The maximum absolute atomic E-state index is 13.4. The molecule has 1 aromatic carbocycles. The van der Waals surface area contributed by atoms with Crippen LogP contribution in [0, 0.1) is 5.92 Å². The Balaban J connectivity index is 2.28. The van der Waals surface area contributed by atoms with Crippen LogP contribution >= 0.6 is 0 Å². The summed E-state index contributed by atoms with van der Waals surface area (Å²) in [6, 6.07) is 2.53. The minimum Gasteiger partial charge on any atom is -0.480 e. The Kier molecular flexibility index (Phi) is 12.5. The minimum absolute atomic E-state index is 0.00470. The van der Waals surface area contributed by atoms with Crippen molar-refractivity contribution in [1.82, 2.24) is 20.9 Å². The molecule has 3 amide bonds. The van der Waals surface area contributed by atoms with Crippen molar-refractivity contribution in [3.63, 3.8) is 0 Å². The molecular formula is C27H42N8O6. The summed E-state index contributed by atoms with van der Waals surface area (Å²) in [5.74, 6) is -3.49. The molecule has 0 bridgehead atoms. The van der Waals surface area contributed by atoms with Gasteiger partial charge in [-0.15, -0.1) is 0 Å². The van der Waals surface area contributed by atoms with Crippen molar-refractivity contribution in [2.75, 3.05) is 6.54 Å². The van der Waals surface area contributed by atoms with Crippen molar-refractivity contribution in [1.29, 1.82) is 0 Å². The molecule has 12 N–H and O–H groups in total. The lowest BCUT2D eigenvalue weighted by Gasteiger charge is -2.26. The van der Waals surface area contributed by atoms with E-state index in [1.54, 1.807) is 6.20 Å². The molecule has 14 nitrogen and oxygen atoms in total. The average Bonchev–Trinajstić information content (AvgIpc) is 3.30. The van der Waals surface area contributed by atoms with Gasteiger partial charge in [-0.3, -0.25) is 19.4 Å². The first-order valence-electron chi connectivity index (χ1n) is 13.5. The third-order valence-corrected chi connectivity index (χ3v) is 6.42. The Hall–Kier alpha value is -4.17. The van der Waals surface area contributed by atoms with E-state index >= 15 is 0 Å². The highest BCUT2D eigenvalue weighted by Gasteiger charge is 2.33. The fourth-order valence-corrected chi connectivity index (χ4v) is 4.30. The van der Waals surface area contributed by atoms with Gasteiger partial charge in [0.15, 0.2) is 5.96 Å². The average molecular weight is 575 g/mol. The number of nitrogens with zero attached hydrogens (tertiary/aromatic N) is 1. The van der Waals surface area contributed by atoms with Gasteiger partial charge in [0.1, 0.15) is 18.1 Å². The molecule has 0 radical (unpaired) electrons. The number of aliphatic hydroxyl groups is 1. The van der Waals surface area contributed by atoms with E-state index in [-0.39, 0.29) is 37.7 Å². The molecule has 14 heteroatoms. The summed E-state index contributed by atoms with van der Waals surface area (Å²) in [7, 11) is 0. The van der Waals surface area contributed by atoms with E-state index in [4.69, 9.17) is 17.2 Å². The number of para-hydroxylation sites is 1. The van der Waals surface area contributed by atoms with Gasteiger partial charge in [0.05, 0.1) is 12.1 Å². The molecule has 0 saturated carbocycles. The van der Waals surface area contributed by atoms with Crippen LogP contribution in [0.3, 0.4) is 0 Å². The molecule has 0 aliphatic rings. The molecule has 1 heterocycles. The predicted molar refractivity (Wildman–Crippen MR) is 154 cm³/mol. The third-order valence-electron chi connectivity index (χ3n) is 6.42. The molecule has 5 atom stereocenters. The zero-order chi connectivity index (χ0) is 30.7. The Morgan fingerprint density at radius 1 is 0.976 bits per heavy atom. The molecule has 41 heavy (non-hydrogen) atoms. The van der Waals surface area contributed by atoms with E-state index < -0.39 is 54.0 Å².